The molecule has 0 aliphatic heterocycles. The van der Waals surface area contributed by atoms with Gasteiger partial charge < -0.3 is 10.2 Å². The van der Waals surface area contributed by atoms with Gasteiger partial charge in [-0.1, -0.05) is 34.1 Å². The van der Waals surface area contributed by atoms with Crippen molar-refractivity contribution >= 4 is 0 Å². The normalized spacial score (nSPS) is 18.0. The summed E-state index contributed by atoms with van der Waals surface area (Å²) in [6, 6.07) is 0.925. The molecule has 1 rings (SSSR count). The van der Waals surface area contributed by atoms with E-state index in [1.54, 1.807) is 0 Å². The highest BCUT2D eigenvalue weighted by Crippen LogP contribution is 2.27. The second kappa shape index (κ2) is 8.10. The van der Waals surface area contributed by atoms with Crippen LogP contribution in [0.4, 0.5) is 0 Å². The van der Waals surface area contributed by atoms with Crippen LogP contribution in [0.25, 0.3) is 0 Å². The SMILES string of the molecule is CCCCN(CC(C)CNCC(C)C)C1CC1. The van der Waals surface area contributed by atoms with E-state index in [1.165, 1.54) is 45.3 Å². The van der Waals surface area contributed by atoms with Gasteiger partial charge in [0.2, 0.25) is 0 Å². The second-order valence-corrected chi connectivity index (χ2v) is 6.24. The Balaban J connectivity index is 2.14. The number of nitrogens with one attached hydrogen (secondary N) is 1. The van der Waals surface area contributed by atoms with Crippen LogP contribution < -0.4 is 5.32 Å². The Morgan fingerprint density at radius 2 is 1.88 bits per heavy atom. The lowest BCUT2D eigenvalue weighted by molar-refractivity contribution is 0.221. The van der Waals surface area contributed by atoms with Crippen LogP contribution in [-0.4, -0.2) is 37.1 Å². The predicted octanol–water partition coefficient (Wildman–Crippen LogP) is 3.13. The van der Waals surface area contributed by atoms with Crippen LogP contribution in [0.2, 0.25) is 0 Å². The summed E-state index contributed by atoms with van der Waals surface area (Å²) < 4.78 is 0. The highest BCUT2D eigenvalue weighted by atomic mass is 15.2. The van der Waals surface area contributed by atoms with Gasteiger partial charge in [0.25, 0.3) is 0 Å². The topological polar surface area (TPSA) is 15.3 Å². The van der Waals surface area contributed by atoms with Crippen molar-refractivity contribution in [2.75, 3.05) is 26.2 Å². The van der Waals surface area contributed by atoms with Crippen molar-refractivity contribution in [2.24, 2.45) is 11.8 Å². The molecule has 17 heavy (non-hydrogen) atoms. The van der Waals surface area contributed by atoms with Gasteiger partial charge in [0.15, 0.2) is 0 Å². The van der Waals surface area contributed by atoms with E-state index in [0.717, 1.165) is 24.4 Å². The lowest BCUT2D eigenvalue weighted by Gasteiger charge is -2.26. The molecule has 102 valence electrons. The summed E-state index contributed by atoms with van der Waals surface area (Å²) in [6.07, 6.45) is 5.57. The maximum Gasteiger partial charge on any atom is 0.00965 e. The Morgan fingerprint density at radius 3 is 2.41 bits per heavy atom. The molecule has 2 heteroatoms. The zero-order valence-electron chi connectivity index (χ0n) is 12.3. The summed E-state index contributed by atoms with van der Waals surface area (Å²) in [5, 5.41) is 3.58. The molecule has 1 atom stereocenters. The van der Waals surface area contributed by atoms with Gasteiger partial charge in [0.05, 0.1) is 0 Å². The molecule has 0 radical (unpaired) electrons. The molecule has 1 fully saturated rings. The van der Waals surface area contributed by atoms with Crippen LogP contribution in [-0.2, 0) is 0 Å². The van der Waals surface area contributed by atoms with Gasteiger partial charge in [-0.05, 0) is 50.7 Å². The fourth-order valence-corrected chi connectivity index (χ4v) is 2.31. The van der Waals surface area contributed by atoms with E-state index in [1.807, 2.05) is 0 Å². The molecule has 0 aromatic heterocycles. The average Bonchev–Trinajstić information content (AvgIpc) is 3.07. The van der Waals surface area contributed by atoms with Gasteiger partial charge in [-0.3, -0.25) is 0 Å². The molecule has 0 saturated heterocycles. The van der Waals surface area contributed by atoms with Crippen molar-refractivity contribution in [1.29, 1.82) is 0 Å². The average molecular weight is 240 g/mol. The Morgan fingerprint density at radius 1 is 1.18 bits per heavy atom. The van der Waals surface area contributed by atoms with Crippen LogP contribution in [0.5, 0.6) is 0 Å². The summed E-state index contributed by atoms with van der Waals surface area (Å²) >= 11 is 0. The minimum atomic E-state index is 0.766. The van der Waals surface area contributed by atoms with Crippen LogP contribution in [0.3, 0.4) is 0 Å². The minimum Gasteiger partial charge on any atom is -0.316 e. The first kappa shape index (κ1) is 15.0. The molecular weight excluding hydrogens is 208 g/mol. The molecule has 1 aliphatic rings. The summed E-state index contributed by atoms with van der Waals surface area (Å²) in [7, 11) is 0. The molecule has 2 nitrogen and oxygen atoms in total. The molecule has 0 amide bonds. The summed E-state index contributed by atoms with van der Waals surface area (Å²) in [5.74, 6) is 1.55. The molecule has 0 spiro atoms. The van der Waals surface area contributed by atoms with Crippen molar-refractivity contribution in [3.05, 3.63) is 0 Å². The number of nitrogens with zero attached hydrogens (tertiary/aromatic N) is 1. The van der Waals surface area contributed by atoms with Crippen molar-refractivity contribution in [3.63, 3.8) is 0 Å². The Kier molecular flexibility index (Phi) is 7.14. The molecule has 0 aromatic rings. The Hall–Kier alpha value is -0.0800. The first-order chi connectivity index (χ1) is 8.13. The molecule has 0 bridgehead atoms. The lowest BCUT2D eigenvalue weighted by atomic mass is 10.1. The van der Waals surface area contributed by atoms with Gasteiger partial charge in [-0.15, -0.1) is 0 Å². The summed E-state index contributed by atoms with van der Waals surface area (Å²) in [4.78, 5) is 2.73. The molecular formula is C15H32N2. The van der Waals surface area contributed by atoms with Gasteiger partial charge in [-0.2, -0.15) is 0 Å². The number of hydrogen-bond acceptors (Lipinski definition) is 2. The predicted molar refractivity (Wildman–Crippen MR) is 76.4 cm³/mol. The van der Waals surface area contributed by atoms with E-state index in [2.05, 4.69) is 37.9 Å². The van der Waals surface area contributed by atoms with Crippen LogP contribution in [0, 0.1) is 11.8 Å². The Labute approximate surface area is 108 Å². The number of hydrogen-bond donors (Lipinski definition) is 1. The zero-order valence-corrected chi connectivity index (χ0v) is 12.3. The highest BCUT2D eigenvalue weighted by molar-refractivity contribution is 4.85. The standard InChI is InChI=1S/C15H32N2/c1-5-6-9-17(15-7-8-15)12-14(4)11-16-10-13(2)3/h13-16H,5-12H2,1-4H3. The molecule has 0 aromatic carbocycles. The molecule has 1 N–H and O–H groups in total. The first-order valence-corrected chi connectivity index (χ1v) is 7.58. The van der Waals surface area contributed by atoms with Crippen molar-refractivity contribution in [2.45, 2.75) is 59.4 Å². The maximum atomic E-state index is 3.58. The third-order valence-electron chi connectivity index (χ3n) is 3.45. The molecule has 0 heterocycles. The summed E-state index contributed by atoms with van der Waals surface area (Å²) in [6.45, 7) is 14.2. The van der Waals surface area contributed by atoms with E-state index in [-0.39, 0.29) is 0 Å². The van der Waals surface area contributed by atoms with Gasteiger partial charge in [0, 0.05) is 12.6 Å². The molecule has 1 aliphatic carbocycles. The Bertz CT molecular complexity index is 187. The number of unbranched alkanes of at least 4 members (excludes halogenated alkanes) is 1. The minimum absolute atomic E-state index is 0.766. The van der Waals surface area contributed by atoms with E-state index in [9.17, 15) is 0 Å². The van der Waals surface area contributed by atoms with E-state index < -0.39 is 0 Å². The monoisotopic (exact) mass is 240 g/mol. The third kappa shape index (κ3) is 7.05. The van der Waals surface area contributed by atoms with Gasteiger partial charge >= 0.3 is 0 Å². The molecule has 1 saturated carbocycles. The van der Waals surface area contributed by atoms with Crippen LogP contribution >= 0.6 is 0 Å². The van der Waals surface area contributed by atoms with E-state index in [0.29, 0.717) is 0 Å². The maximum absolute atomic E-state index is 3.58. The van der Waals surface area contributed by atoms with Crippen molar-refractivity contribution in [1.82, 2.24) is 10.2 Å². The fraction of sp³-hybridized carbons (Fsp3) is 1.00. The third-order valence-corrected chi connectivity index (χ3v) is 3.45. The summed E-state index contributed by atoms with van der Waals surface area (Å²) in [5.41, 5.74) is 0. The highest BCUT2D eigenvalue weighted by Gasteiger charge is 2.28. The van der Waals surface area contributed by atoms with E-state index >= 15 is 0 Å². The fourth-order valence-electron chi connectivity index (χ4n) is 2.31. The lowest BCUT2D eigenvalue weighted by Crippen LogP contribution is -2.36. The smallest absolute Gasteiger partial charge is 0.00965 e. The molecule has 1 unspecified atom stereocenters. The quantitative estimate of drug-likeness (QED) is 0.631. The van der Waals surface area contributed by atoms with Crippen LogP contribution in [0.1, 0.15) is 53.4 Å². The second-order valence-electron chi connectivity index (χ2n) is 6.24. The number of rotatable bonds is 10. The van der Waals surface area contributed by atoms with Crippen molar-refractivity contribution < 1.29 is 0 Å². The van der Waals surface area contributed by atoms with Crippen molar-refractivity contribution in [3.8, 4) is 0 Å². The van der Waals surface area contributed by atoms with Crippen LogP contribution in [0.15, 0.2) is 0 Å². The first-order valence-electron chi connectivity index (χ1n) is 7.58. The van der Waals surface area contributed by atoms with E-state index in [4.69, 9.17) is 0 Å². The van der Waals surface area contributed by atoms with Gasteiger partial charge in [-0.25, -0.2) is 0 Å². The largest absolute Gasteiger partial charge is 0.316 e. The zero-order chi connectivity index (χ0) is 12.7. The van der Waals surface area contributed by atoms with Gasteiger partial charge in [0.1, 0.15) is 0 Å².